The first kappa shape index (κ1) is 32.1. The standard InChI is InChI=1S/C50H44N2/c1-49(2,3)51-45-30-11-10-23-41(45)42-27-15-25-39(46(42)51)36-21-12-19-34(31-36)35-20-13-22-37(32-35)40-26-16-29-44-43-28-14-24-38(33-17-8-7-9-18-33)47(43)52(48(40)44)50(4,5)6/h7-32H,1-6H3. The number of hydrogen-bond donors (Lipinski definition) is 0. The van der Waals surface area contributed by atoms with Gasteiger partial charge in [-0.1, -0.05) is 140 Å². The van der Waals surface area contributed by atoms with Crippen LogP contribution < -0.4 is 0 Å². The molecule has 0 bridgehead atoms. The molecule has 9 aromatic rings. The van der Waals surface area contributed by atoms with Crippen LogP contribution in [0.4, 0.5) is 0 Å². The maximum atomic E-state index is 2.58. The number of fused-ring (bicyclic) bond motifs is 6. The van der Waals surface area contributed by atoms with Gasteiger partial charge in [-0.2, -0.15) is 0 Å². The SMILES string of the molecule is CC(C)(C)n1c2ccccc2c2cccc(-c3cccc(-c4cccc(-c5cccc6c7cccc(-c8ccccc8)c7n(C(C)(C)C)c56)c4)c3)c21. The zero-order valence-electron chi connectivity index (χ0n) is 30.9. The summed E-state index contributed by atoms with van der Waals surface area (Å²) in [5.41, 5.74) is 14.8. The van der Waals surface area contributed by atoms with E-state index in [1.54, 1.807) is 0 Å². The summed E-state index contributed by atoms with van der Waals surface area (Å²) >= 11 is 0. The molecule has 0 N–H and O–H groups in total. The Balaban J connectivity index is 1.23. The number of aromatic nitrogens is 2. The first-order valence-electron chi connectivity index (χ1n) is 18.5. The highest BCUT2D eigenvalue weighted by Crippen LogP contribution is 2.44. The quantitative estimate of drug-likeness (QED) is 0.176. The van der Waals surface area contributed by atoms with E-state index in [1.807, 2.05) is 0 Å². The first-order chi connectivity index (χ1) is 25.1. The third-order valence-corrected chi connectivity index (χ3v) is 10.6. The second kappa shape index (κ2) is 11.9. The second-order valence-electron chi connectivity index (χ2n) is 16.2. The Labute approximate surface area is 306 Å². The van der Waals surface area contributed by atoms with Crippen LogP contribution in [0.25, 0.3) is 88.1 Å². The van der Waals surface area contributed by atoms with E-state index in [1.165, 1.54) is 88.1 Å². The van der Waals surface area contributed by atoms with Crippen molar-refractivity contribution in [1.29, 1.82) is 0 Å². The summed E-state index contributed by atoms with van der Waals surface area (Å²) in [5.74, 6) is 0. The van der Waals surface area contributed by atoms with Crippen LogP contribution in [0, 0.1) is 0 Å². The van der Waals surface area contributed by atoms with Gasteiger partial charge in [0.1, 0.15) is 0 Å². The highest BCUT2D eigenvalue weighted by Gasteiger charge is 2.26. The van der Waals surface area contributed by atoms with E-state index in [0.717, 1.165) is 0 Å². The average molecular weight is 673 g/mol. The molecule has 2 heterocycles. The van der Waals surface area contributed by atoms with Crippen molar-refractivity contribution in [3.63, 3.8) is 0 Å². The lowest BCUT2D eigenvalue weighted by molar-refractivity contribution is 0.423. The lowest BCUT2D eigenvalue weighted by atomic mass is 9.94. The lowest BCUT2D eigenvalue weighted by Gasteiger charge is -2.26. The smallest absolute Gasteiger partial charge is 0.0576 e. The maximum Gasteiger partial charge on any atom is 0.0576 e. The number of nitrogens with zero attached hydrogens (tertiary/aromatic N) is 2. The summed E-state index contributed by atoms with van der Waals surface area (Å²) in [4.78, 5) is 0. The molecule has 2 heteroatoms. The average Bonchev–Trinajstić information content (AvgIpc) is 3.69. The van der Waals surface area contributed by atoms with Crippen molar-refractivity contribution in [1.82, 2.24) is 9.13 Å². The van der Waals surface area contributed by atoms with Crippen LogP contribution in [0.3, 0.4) is 0 Å². The van der Waals surface area contributed by atoms with Crippen LogP contribution in [-0.2, 0) is 11.1 Å². The van der Waals surface area contributed by atoms with Crippen molar-refractivity contribution in [2.45, 2.75) is 52.6 Å². The summed E-state index contributed by atoms with van der Waals surface area (Å²) in [6, 6.07) is 58.2. The predicted molar refractivity (Wildman–Crippen MR) is 224 cm³/mol. The minimum atomic E-state index is -0.149. The van der Waals surface area contributed by atoms with Gasteiger partial charge in [-0.25, -0.2) is 0 Å². The first-order valence-corrected chi connectivity index (χ1v) is 18.5. The molecular formula is C50H44N2. The summed E-state index contributed by atoms with van der Waals surface area (Å²) in [6.07, 6.45) is 0. The van der Waals surface area contributed by atoms with Crippen LogP contribution in [0.1, 0.15) is 41.5 Å². The summed E-state index contributed by atoms with van der Waals surface area (Å²) in [6.45, 7) is 13.9. The molecule has 0 atom stereocenters. The normalized spacial score (nSPS) is 12.4. The Morgan fingerprint density at radius 2 is 0.673 bits per heavy atom. The number of benzene rings is 7. The molecule has 0 radical (unpaired) electrons. The van der Waals surface area contributed by atoms with E-state index in [-0.39, 0.29) is 11.1 Å². The largest absolute Gasteiger partial charge is 0.335 e. The minimum Gasteiger partial charge on any atom is -0.335 e. The van der Waals surface area contributed by atoms with Crippen molar-refractivity contribution < 1.29 is 0 Å². The highest BCUT2D eigenvalue weighted by molar-refractivity contribution is 6.17. The highest BCUT2D eigenvalue weighted by atomic mass is 15.1. The van der Waals surface area contributed by atoms with Crippen molar-refractivity contribution in [3.05, 3.63) is 158 Å². The third-order valence-electron chi connectivity index (χ3n) is 10.6. The van der Waals surface area contributed by atoms with Crippen LogP contribution >= 0.6 is 0 Å². The van der Waals surface area contributed by atoms with Gasteiger partial charge in [-0.3, -0.25) is 0 Å². The fourth-order valence-corrected chi connectivity index (χ4v) is 8.55. The van der Waals surface area contributed by atoms with Gasteiger partial charge in [0, 0.05) is 54.8 Å². The van der Waals surface area contributed by atoms with Gasteiger partial charge in [-0.05, 0) is 87.6 Å². The van der Waals surface area contributed by atoms with E-state index in [2.05, 4.69) is 208 Å². The van der Waals surface area contributed by atoms with Crippen molar-refractivity contribution in [2.75, 3.05) is 0 Å². The molecule has 2 nitrogen and oxygen atoms in total. The van der Waals surface area contributed by atoms with Crippen LogP contribution in [0.2, 0.25) is 0 Å². The molecule has 52 heavy (non-hydrogen) atoms. The molecule has 0 spiro atoms. The zero-order valence-corrected chi connectivity index (χ0v) is 30.9. The monoisotopic (exact) mass is 672 g/mol. The third kappa shape index (κ3) is 5.08. The lowest BCUT2D eigenvalue weighted by Crippen LogP contribution is -2.22. The van der Waals surface area contributed by atoms with E-state index < -0.39 is 0 Å². The van der Waals surface area contributed by atoms with E-state index >= 15 is 0 Å². The molecule has 0 saturated carbocycles. The van der Waals surface area contributed by atoms with Gasteiger partial charge in [0.2, 0.25) is 0 Å². The van der Waals surface area contributed by atoms with E-state index in [4.69, 9.17) is 0 Å². The summed E-state index contributed by atoms with van der Waals surface area (Å²) in [5, 5.41) is 5.18. The van der Waals surface area contributed by atoms with Crippen molar-refractivity contribution in [2.24, 2.45) is 0 Å². The molecule has 2 aromatic heterocycles. The van der Waals surface area contributed by atoms with Gasteiger partial charge >= 0.3 is 0 Å². The van der Waals surface area contributed by atoms with Crippen LogP contribution in [-0.4, -0.2) is 9.13 Å². The van der Waals surface area contributed by atoms with E-state index in [9.17, 15) is 0 Å². The zero-order chi connectivity index (χ0) is 35.8. The molecule has 0 unspecified atom stereocenters. The van der Waals surface area contributed by atoms with Crippen molar-refractivity contribution >= 4 is 43.6 Å². The fourth-order valence-electron chi connectivity index (χ4n) is 8.55. The molecular weight excluding hydrogens is 629 g/mol. The second-order valence-corrected chi connectivity index (χ2v) is 16.2. The number of hydrogen-bond acceptors (Lipinski definition) is 0. The number of rotatable bonds is 4. The van der Waals surface area contributed by atoms with Gasteiger partial charge in [0.25, 0.3) is 0 Å². The Hall–Kier alpha value is -5.86. The molecule has 0 fully saturated rings. The fraction of sp³-hybridized carbons (Fsp3) is 0.160. The number of para-hydroxylation sites is 4. The molecule has 7 aromatic carbocycles. The molecule has 0 aliphatic heterocycles. The van der Waals surface area contributed by atoms with Crippen molar-refractivity contribution in [3.8, 4) is 44.5 Å². The Kier molecular flexibility index (Phi) is 7.31. The summed E-state index contributed by atoms with van der Waals surface area (Å²) in [7, 11) is 0. The predicted octanol–water partition coefficient (Wildman–Crippen LogP) is 14.1. The Morgan fingerprint density at radius 1 is 0.308 bits per heavy atom. The minimum absolute atomic E-state index is 0.0815. The van der Waals surface area contributed by atoms with Gasteiger partial charge in [-0.15, -0.1) is 0 Å². The molecule has 0 aliphatic carbocycles. The molecule has 254 valence electrons. The van der Waals surface area contributed by atoms with E-state index in [0.29, 0.717) is 0 Å². The van der Waals surface area contributed by atoms with Gasteiger partial charge < -0.3 is 9.13 Å². The molecule has 9 rings (SSSR count). The van der Waals surface area contributed by atoms with Gasteiger partial charge in [0.05, 0.1) is 16.6 Å². The molecule has 0 amide bonds. The Morgan fingerprint density at radius 3 is 1.19 bits per heavy atom. The summed E-state index contributed by atoms with van der Waals surface area (Å²) < 4.78 is 5.11. The van der Waals surface area contributed by atoms with Crippen LogP contribution in [0.5, 0.6) is 0 Å². The molecule has 0 saturated heterocycles. The Bertz CT molecular complexity index is 2800. The maximum absolute atomic E-state index is 2.58. The van der Waals surface area contributed by atoms with Gasteiger partial charge in [0.15, 0.2) is 0 Å². The topological polar surface area (TPSA) is 9.86 Å². The molecule has 0 aliphatic rings. The van der Waals surface area contributed by atoms with Crippen LogP contribution in [0.15, 0.2) is 158 Å².